The Balaban J connectivity index is 2.05. The Morgan fingerprint density at radius 1 is 1.23 bits per heavy atom. The monoisotopic (exact) mass is 359 g/mol. The van der Waals surface area contributed by atoms with Gasteiger partial charge in [-0.2, -0.15) is 0 Å². The van der Waals surface area contributed by atoms with Crippen LogP contribution < -0.4 is 10.6 Å². The molecule has 1 aromatic heterocycles. The van der Waals surface area contributed by atoms with Crippen molar-refractivity contribution in [3.8, 4) is 11.3 Å². The van der Waals surface area contributed by atoms with Gasteiger partial charge >= 0.3 is 0 Å². The summed E-state index contributed by atoms with van der Waals surface area (Å²) >= 11 is 0. The van der Waals surface area contributed by atoms with Gasteiger partial charge in [0.05, 0.1) is 6.61 Å². The van der Waals surface area contributed by atoms with Crippen molar-refractivity contribution in [2.45, 2.75) is 26.8 Å². The highest BCUT2D eigenvalue weighted by atomic mass is 16.5. The molecule has 26 heavy (non-hydrogen) atoms. The summed E-state index contributed by atoms with van der Waals surface area (Å²) in [5.41, 5.74) is 2.10. The third-order valence-corrected chi connectivity index (χ3v) is 3.92. The maximum atomic E-state index is 12.5. The van der Waals surface area contributed by atoms with Crippen LogP contribution in [-0.2, 0) is 9.53 Å². The fourth-order valence-corrected chi connectivity index (χ4v) is 2.37. The van der Waals surface area contributed by atoms with Crippen LogP contribution in [0.15, 0.2) is 34.9 Å². The molecule has 0 bridgehead atoms. The van der Waals surface area contributed by atoms with Crippen LogP contribution in [0, 0.1) is 12.8 Å². The lowest BCUT2D eigenvalue weighted by Gasteiger charge is -2.21. The number of hydrogen-bond acceptors (Lipinski definition) is 5. The lowest BCUT2D eigenvalue weighted by molar-refractivity contribution is -0.124. The summed E-state index contributed by atoms with van der Waals surface area (Å²) in [4.78, 5) is 24.7. The Morgan fingerprint density at radius 2 is 1.92 bits per heavy atom. The number of methoxy groups -OCH3 is 1. The van der Waals surface area contributed by atoms with Crippen molar-refractivity contribution < 1.29 is 18.8 Å². The molecule has 0 aliphatic heterocycles. The minimum Gasteiger partial charge on any atom is -0.383 e. The SMILES string of the molecule is COCCNC(=O)[C@@H](NC(=O)c1cc(-c2ccc(C)cc2)on1)C(C)C. The van der Waals surface area contributed by atoms with Gasteiger partial charge in [-0.15, -0.1) is 0 Å². The molecule has 2 rings (SSSR count). The molecule has 7 heteroatoms. The van der Waals surface area contributed by atoms with Gasteiger partial charge in [0, 0.05) is 25.3 Å². The normalized spacial score (nSPS) is 12.0. The maximum Gasteiger partial charge on any atom is 0.274 e. The van der Waals surface area contributed by atoms with Crippen molar-refractivity contribution >= 4 is 11.8 Å². The number of amides is 2. The highest BCUT2D eigenvalue weighted by Crippen LogP contribution is 2.20. The zero-order chi connectivity index (χ0) is 19.1. The summed E-state index contributed by atoms with van der Waals surface area (Å²) in [5, 5.41) is 9.28. The summed E-state index contributed by atoms with van der Waals surface area (Å²) in [5.74, 6) is -0.286. The van der Waals surface area contributed by atoms with Gasteiger partial charge in [-0.25, -0.2) is 0 Å². The van der Waals surface area contributed by atoms with Crippen LogP contribution >= 0.6 is 0 Å². The predicted octanol–water partition coefficient (Wildman–Crippen LogP) is 2.17. The molecule has 2 amide bonds. The first-order chi connectivity index (χ1) is 12.4. The first-order valence-corrected chi connectivity index (χ1v) is 8.53. The van der Waals surface area contributed by atoms with E-state index in [1.165, 1.54) is 0 Å². The van der Waals surface area contributed by atoms with Crippen molar-refractivity contribution in [3.05, 3.63) is 41.6 Å². The van der Waals surface area contributed by atoms with Crippen LogP contribution in [0.3, 0.4) is 0 Å². The average molecular weight is 359 g/mol. The number of hydrogen-bond donors (Lipinski definition) is 2. The van der Waals surface area contributed by atoms with Crippen LogP contribution in [0.2, 0.25) is 0 Å². The van der Waals surface area contributed by atoms with E-state index in [9.17, 15) is 9.59 Å². The second kappa shape index (κ2) is 9.15. The third-order valence-electron chi connectivity index (χ3n) is 3.92. The summed E-state index contributed by atoms with van der Waals surface area (Å²) in [6.45, 7) is 6.51. The number of rotatable bonds is 8. The molecule has 1 atom stereocenters. The van der Waals surface area contributed by atoms with Gasteiger partial charge in [-0.05, 0) is 12.8 Å². The predicted molar refractivity (Wildman–Crippen MR) is 97.7 cm³/mol. The van der Waals surface area contributed by atoms with Gasteiger partial charge in [0.15, 0.2) is 11.5 Å². The fraction of sp³-hybridized carbons (Fsp3) is 0.421. The molecule has 0 spiro atoms. The zero-order valence-corrected chi connectivity index (χ0v) is 15.5. The lowest BCUT2D eigenvalue weighted by Crippen LogP contribution is -2.50. The molecule has 2 N–H and O–H groups in total. The lowest BCUT2D eigenvalue weighted by atomic mass is 10.0. The maximum absolute atomic E-state index is 12.5. The van der Waals surface area contributed by atoms with E-state index in [0.29, 0.717) is 18.9 Å². The second-order valence-electron chi connectivity index (χ2n) is 6.42. The standard InChI is InChI=1S/C19H25N3O4/c1-12(2)17(19(24)20-9-10-25-4)21-18(23)15-11-16(26-22-15)14-7-5-13(3)6-8-14/h5-8,11-12,17H,9-10H2,1-4H3,(H,20,24)(H,21,23)/t17-/m0/s1. The summed E-state index contributed by atoms with van der Waals surface area (Å²) in [6.07, 6.45) is 0. The van der Waals surface area contributed by atoms with E-state index < -0.39 is 11.9 Å². The molecule has 1 heterocycles. The van der Waals surface area contributed by atoms with Gasteiger partial charge in [0.25, 0.3) is 5.91 Å². The van der Waals surface area contributed by atoms with Crippen molar-refractivity contribution in [3.63, 3.8) is 0 Å². The summed E-state index contributed by atoms with van der Waals surface area (Å²) in [6, 6.07) is 8.61. The molecule has 0 saturated carbocycles. The smallest absolute Gasteiger partial charge is 0.274 e. The average Bonchev–Trinajstić information content (AvgIpc) is 3.10. The summed E-state index contributed by atoms with van der Waals surface area (Å²) in [7, 11) is 1.56. The molecule has 2 aromatic rings. The summed E-state index contributed by atoms with van der Waals surface area (Å²) < 4.78 is 10.2. The van der Waals surface area contributed by atoms with Crippen LogP contribution in [0.5, 0.6) is 0 Å². The van der Waals surface area contributed by atoms with Crippen molar-refractivity contribution in [1.82, 2.24) is 15.8 Å². The van der Waals surface area contributed by atoms with Crippen LogP contribution in [0.4, 0.5) is 0 Å². The number of benzene rings is 1. The molecular formula is C19H25N3O4. The number of aromatic nitrogens is 1. The van der Waals surface area contributed by atoms with Crippen molar-refractivity contribution in [2.75, 3.05) is 20.3 Å². The number of nitrogens with one attached hydrogen (secondary N) is 2. The molecule has 0 fully saturated rings. The van der Waals surface area contributed by atoms with E-state index >= 15 is 0 Å². The Kier molecular flexibility index (Phi) is 6.91. The van der Waals surface area contributed by atoms with E-state index in [0.717, 1.165) is 11.1 Å². The van der Waals surface area contributed by atoms with Gasteiger partial charge in [-0.3, -0.25) is 9.59 Å². The van der Waals surface area contributed by atoms with E-state index in [2.05, 4.69) is 15.8 Å². The second-order valence-corrected chi connectivity index (χ2v) is 6.42. The van der Waals surface area contributed by atoms with Gasteiger partial charge in [0.2, 0.25) is 5.91 Å². The molecule has 0 radical (unpaired) electrons. The zero-order valence-electron chi connectivity index (χ0n) is 15.5. The molecule has 7 nitrogen and oxygen atoms in total. The van der Waals surface area contributed by atoms with Gasteiger partial charge in [-0.1, -0.05) is 48.8 Å². The third kappa shape index (κ3) is 5.16. The van der Waals surface area contributed by atoms with E-state index in [1.807, 2.05) is 45.0 Å². The fourth-order valence-electron chi connectivity index (χ4n) is 2.37. The topological polar surface area (TPSA) is 93.5 Å². The van der Waals surface area contributed by atoms with Crippen molar-refractivity contribution in [1.29, 1.82) is 0 Å². The molecule has 1 aromatic carbocycles. The minimum absolute atomic E-state index is 0.0787. The van der Waals surface area contributed by atoms with E-state index in [-0.39, 0.29) is 17.5 Å². The van der Waals surface area contributed by atoms with Gasteiger partial charge < -0.3 is 19.9 Å². The van der Waals surface area contributed by atoms with Gasteiger partial charge in [0.1, 0.15) is 6.04 Å². The molecule has 0 saturated heterocycles. The molecular weight excluding hydrogens is 334 g/mol. The number of carbonyl (C=O) groups is 2. The molecule has 140 valence electrons. The number of carbonyl (C=O) groups excluding carboxylic acids is 2. The minimum atomic E-state index is -0.668. The number of nitrogens with zero attached hydrogens (tertiary/aromatic N) is 1. The molecule has 0 aliphatic carbocycles. The van der Waals surface area contributed by atoms with Crippen LogP contribution in [-0.4, -0.2) is 43.3 Å². The highest BCUT2D eigenvalue weighted by molar-refractivity contribution is 5.96. The van der Waals surface area contributed by atoms with Crippen LogP contribution in [0.25, 0.3) is 11.3 Å². The molecule has 0 unspecified atom stereocenters. The van der Waals surface area contributed by atoms with E-state index in [1.54, 1.807) is 13.2 Å². The first kappa shape index (κ1) is 19.7. The number of aryl methyl sites for hydroxylation is 1. The first-order valence-electron chi connectivity index (χ1n) is 8.53. The van der Waals surface area contributed by atoms with Crippen molar-refractivity contribution in [2.24, 2.45) is 5.92 Å². The van der Waals surface area contributed by atoms with Crippen LogP contribution in [0.1, 0.15) is 29.9 Å². The largest absolute Gasteiger partial charge is 0.383 e. The Morgan fingerprint density at radius 3 is 2.54 bits per heavy atom. The number of ether oxygens (including phenoxy) is 1. The quantitative estimate of drug-likeness (QED) is 0.705. The Labute approximate surface area is 153 Å². The molecule has 0 aliphatic rings. The Bertz CT molecular complexity index is 737. The van der Waals surface area contributed by atoms with E-state index in [4.69, 9.17) is 9.26 Å². The highest BCUT2D eigenvalue weighted by Gasteiger charge is 2.25. The Hall–Kier alpha value is -2.67.